The molecule has 176 valence electrons. The third-order valence-corrected chi connectivity index (χ3v) is 6.09. The normalized spacial score (nSPS) is 17.2. The number of benzene rings is 2. The second-order valence-electron chi connectivity index (χ2n) is 7.78. The molecular weight excluding hydrogens is 452 g/mol. The lowest BCUT2D eigenvalue weighted by Crippen LogP contribution is -2.29. The molecular formula is C26H26N2O5S. The quantitative estimate of drug-likeness (QED) is 0.253. The summed E-state index contributed by atoms with van der Waals surface area (Å²) in [5.74, 6) is -0.446. The third-order valence-electron chi connectivity index (χ3n) is 5.32. The van der Waals surface area contributed by atoms with E-state index >= 15 is 0 Å². The highest BCUT2D eigenvalue weighted by Gasteiger charge is 2.48. The first-order chi connectivity index (χ1) is 16.5. The maximum atomic E-state index is 13.2. The molecule has 7 nitrogen and oxygen atoms in total. The van der Waals surface area contributed by atoms with Crippen LogP contribution in [0.15, 0.2) is 65.7 Å². The average Bonchev–Trinajstić information content (AvgIpc) is 3.48. The Morgan fingerprint density at radius 1 is 1.03 bits per heavy atom. The summed E-state index contributed by atoms with van der Waals surface area (Å²) in [4.78, 5) is 31.9. The number of carbonyl (C=O) groups is 2. The Morgan fingerprint density at radius 2 is 1.74 bits per heavy atom. The number of nitrogens with zero attached hydrogens (tertiary/aromatic N) is 2. The number of ether oxygens (including phenoxy) is 2. The van der Waals surface area contributed by atoms with Crippen LogP contribution in [0.5, 0.6) is 11.5 Å². The number of hydrogen-bond donors (Lipinski definition) is 1. The van der Waals surface area contributed by atoms with Crippen LogP contribution in [-0.4, -0.2) is 35.0 Å². The van der Waals surface area contributed by atoms with Gasteiger partial charge in [0, 0.05) is 17.1 Å². The minimum Gasteiger partial charge on any atom is -0.507 e. The van der Waals surface area contributed by atoms with Gasteiger partial charge in [-0.05, 0) is 54.8 Å². The number of carbonyl (C=O) groups excluding carboxylic acids is 2. The SMILES string of the molecule is CCCOc1ccc(C(O)=C2C(=O)C(=O)N(c3nccs3)C2c2cccc(OCCC)c2)cc1. The van der Waals surface area contributed by atoms with Crippen molar-refractivity contribution in [1.29, 1.82) is 0 Å². The third kappa shape index (κ3) is 4.68. The van der Waals surface area contributed by atoms with Gasteiger partial charge in [0.2, 0.25) is 0 Å². The Balaban J connectivity index is 1.81. The van der Waals surface area contributed by atoms with Crippen molar-refractivity contribution in [2.24, 2.45) is 0 Å². The Hall–Kier alpha value is -3.65. The molecule has 1 saturated heterocycles. The predicted octanol–water partition coefficient (Wildman–Crippen LogP) is 5.35. The van der Waals surface area contributed by atoms with Crippen molar-refractivity contribution in [2.45, 2.75) is 32.7 Å². The summed E-state index contributed by atoms with van der Waals surface area (Å²) in [5.41, 5.74) is 1.08. The van der Waals surface area contributed by atoms with Crippen molar-refractivity contribution in [3.63, 3.8) is 0 Å². The minimum atomic E-state index is -0.840. The Bertz CT molecular complexity index is 1190. The van der Waals surface area contributed by atoms with Crippen LogP contribution in [-0.2, 0) is 9.59 Å². The van der Waals surface area contributed by atoms with Gasteiger partial charge < -0.3 is 14.6 Å². The minimum absolute atomic E-state index is 0.00932. The molecule has 4 rings (SSSR count). The van der Waals surface area contributed by atoms with E-state index in [9.17, 15) is 14.7 Å². The van der Waals surface area contributed by atoms with Crippen molar-refractivity contribution in [2.75, 3.05) is 18.1 Å². The first kappa shape index (κ1) is 23.5. The molecule has 8 heteroatoms. The van der Waals surface area contributed by atoms with Gasteiger partial charge in [-0.2, -0.15) is 0 Å². The number of thiazole rings is 1. The van der Waals surface area contributed by atoms with Crippen molar-refractivity contribution < 1.29 is 24.2 Å². The highest BCUT2D eigenvalue weighted by Crippen LogP contribution is 2.43. The summed E-state index contributed by atoms with van der Waals surface area (Å²) in [6.45, 7) is 5.16. The molecule has 1 aliphatic heterocycles. The lowest BCUT2D eigenvalue weighted by molar-refractivity contribution is -0.132. The number of Topliss-reactive ketones (excluding diaryl/α,β-unsaturated/α-hetero) is 1. The zero-order valence-electron chi connectivity index (χ0n) is 19.1. The largest absolute Gasteiger partial charge is 0.507 e. The van der Waals surface area contributed by atoms with E-state index < -0.39 is 17.7 Å². The van der Waals surface area contributed by atoms with E-state index in [1.165, 1.54) is 16.2 Å². The van der Waals surface area contributed by atoms with Crippen LogP contribution in [0.3, 0.4) is 0 Å². The van der Waals surface area contributed by atoms with E-state index in [1.807, 2.05) is 32.0 Å². The van der Waals surface area contributed by atoms with Crippen LogP contribution in [0, 0.1) is 0 Å². The molecule has 0 radical (unpaired) electrons. The molecule has 0 bridgehead atoms. The molecule has 34 heavy (non-hydrogen) atoms. The first-order valence-electron chi connectivity index (χ1n) is 11.2. The fourth-order valence-corrected chi connectivity index (χ4v) is 4.43. The molecule has 1 aliphatic rings. The van der Waals surface area contributed by atoms with Gasteiger partial charge in [-0.3, -0.25) is 14.5 Å². The molecule has 1 unspecified atom stereocenters. The van der Waals surface area contributed by atoms with Gasteiger partial charge in [-0.1, -0.05) is 26.0 Å². The van der Waals surface area contributed by atoms with Crippen LogP contribution in [0.1, 0.15) is 43.9 Å². The van der Waals surface area contributed by atoms with Crippen LogP contribution in [0.25, 0.3) is 5.76 Å². The van der Waals surface area contributed by atoms with Gasteiger partial charge in [0.1, 0.15) is 17.3 Å². The van der Waals surface area contributed by atoms with E-state index in [0.717, 1.165) is 12.8 Å². The first-order valence-corrected chi connectivity index (χ1v) is 12.1. The summed E-state index contributed by atoms with van der Waals surface area (Å²) in [6.07, 6.45) is 3.30. The zero-order valence-corrected chi connectivity index (χ0v) is 19.9. The number of ketones is 1. The number of anilines is 1. The highest BCUT2D eigenvalue weighted by atomic mass is 32.1. The number of rotatable bonds is 9. The van der Waals surface area contributed by atoms with Crippen molar-refractivity contribution in [3.05, 3.63) is 76.8 Å². The molecule has 1 atom stereocenters. The van der Waals surface area contributed by atoms with Crippen molar-refractivity contribution in [1.82, 2.24) is 4.98 Å². The second kappa shape index (κ2) is 10.5. The molecule has 1 aromatic heterocycles. The molecule has 1 amide bonds. The van der Waals surface area contributed by atoms with Gasteiger partial charge >= 0.3 is 5.91 Å². The van der Waals surface area contributed by atoms with Gasteiger partial charge in [0.05, 0.1) is 24.8 Å². The van der Waals surface area contributed by atoms with E-state index in [-0.39, 0.29) is 11.3 Å². The summed E-state index contributed by atoms with van der Waals surface area (Å²) >= 11 is 1.25. The van der Waals surface area contributed by atoms with Crippen molar-refractivity contribution >= 4 is 33.9 Å². The highest BCUT2D eigenvalue weighted by molar-refractivity contribution is 7.14. The van der Waals surface area contributed by atoms with Gasteiger partial charge in [0.15, 0.2) is 5.13 Å². The number of hydrogen-bond acceptors (Lipinski definition) is 7. The average molecular weight is 479 g/mol. The van der Waals surface area contributed by atoms with Crippen LogP contribution < -0.4 is 14.4 Å². The van der Waals surface area contributed by atoms with Crippen LogP contribution in [0.4, 0.5) is 5.13 Å². The second-order valence-corrected chi connectivity index (χ2v) is 8.65. The Labute approximate surface area is 202 Å². The monoisotopic (exact) mass is 478 g/mol. The number of aliphatic hydroxyl groups excluding tert-OH is 1. The van der Waals surface area contributed by atoms with Crippen molar-refractivity contribution in [3.8, 4) is 11.5 Å². The van der Waals surface area contributed by atoms with Gasteiger partial charge in [-0.25, -0.2) is 4.98 Å². The molecule has 1 fully saturated rings. The van der Waals surface area contributed by atoms with Gasteiger partial charge in [0.25, 0.3) is 5.78 Å². The Kier molecular flexibility index (Phi) is 7.27. The zero-order chi connectivity index (χ0) is 24.1. The summed E-state index contributed by atoms with van der Waals surface area (Å²) in [5, 5.41) is 13.3. The molecule has 2 aromatic carbocycles. The molecule has 0 spiro atoms. The number of amides is 1. The van der Waals surface area contributed by atoms with E-state index in [4.69, 9.17) is 9.47 Å². The molecule has 2 heterocycles. The molecule has 3 aromatic rings. The van der Waals surface area contributed by atoms with Crippen LogP contribution in [0.2, 0.25) is 0 Å². The lowest BCUT2D eigenvalue weighted by Gasteiger charge is -2.23. The standard InChI is InChI=1S/C26H26N2O5S/c1-3-13-32-19-10-8-17(9-11-19)23(29)21-22(18-6-5-7-20(16-18)33-14-4-2)28(25(31)24(21)30)26-27-12-15-34-26/h5-12,15-16,22,29H,3-4,13-14H2,1-2H3. The maximum Gasteiger partial charge on any atom is 0.301 e. The van der Waals surface area contributed by atoms with Gasteiger partial charge in [-0.15, -0.1) is 11.3 Å². The smallest absolute Gasteiger partial charge is 0.301 e. The molecule has 1 N–H and O–H groups in total. The Morgan fingerprint density at radius 3 is 2.38 bits per heavy atom. The molecule has 0 saturated carbocycles. The predicted molar refractivity (Wildman–Crippen MR) is 131 cm³/mol. The maximum absolute atomic E-state index is 13.2. The van der Waals surface area contributed by atoms with E-state index in [2.05, 4.69) is 4.98 Å². The number of aliphatic hydroxyl groups is 1. The van der Waals surface area contributed by atoms with E-state index in [0.29, 0.717) is 41.0 Å². The molecule has 0 aliphatic carbocycles. The lowest BCUT2D eigenvalue weighted by atomic mass is 9.95. The fraction of sp³-hybridized carbons (Fsp3) is 0.269. The fourth-order valence-electron chi connectivity index (χ4n) is 3.76. The summed E-state index contributed by atoms with van der Waals surface area (Å²) in [7, 11) is 0. The summed E-state index contributed by atoms with van der Waals surface area (Å²) in [6, 6.07) is 13.2. The van der Waals surface area contributed by atoms with Crippen LogP contribution >= 0.6 is 11.3 Å². The summed E-state index contributed by atoms with van der Waals surface area (Å²) < 4.78 is 11.4. The van der Waals surface area contributed by atoms with E-state index in [1.54, 1.807) is 41.9 Å². The topological polar surface area (TPSA) is 89.0 Å². The number of aromatic nitrogens is 1.